The molecule has 8 heteroatoms. The summed E-state index contributed by atoms with van der Waals surface area (Å²) in [5.74, 6) is -0.885. The predicted molar refractivity (Wildman–Crippen MR) is 63.7 cm³/mol. The smallest absolute Gasteiger partial charge is 0.472 e. The van der Waals surface area contributed by atoms with Crippen molar-refractivity contribution in [2.75, 3.05) is 0 Å². The minimum absolute atomic E-state index is 0.0352. The lowest BCUT2D eigenvalue weighted by atomic mass is 10.1. The molecule has 1 atom stereocenters. The van der Waals surface area contributed by atoms with Gasteiger partial charge in [-0.1, -0.05) is 11.6 Å². The molecule has 0 fully saturated rings. The van der Waals surface area contributed by atoms with Crippen molar-refractivity contribution in [3.63, 3.8) is 0 Å². The van der Waals surface area contributed by atoms with Gasteiger partial charge in [-0.05, 0) is 30.7 Å². The SMILES string of the molecule is Cc1cc2c(cc1Cl)C=C(OC(=O)O)C(C(F)(F)F)O2. The highest BCUT2D eigenvalue weighted by Crippen LogP contribution is 2.39. The first-order valence-electron chi connectivity index (χ1n) is 5.34. The van der Waals surface area contributed by atoms with E-state index in [1.54, 1.807) is 6.92 Å². The third-order valence-corrected chi connectivity index (χ3v) is 3.00. The van der Waals surface area contributed by atoms with Crippen molar-refractivity contribution in [3.8, 4) is 5.75 Å². The number of carboxylic acid groups (broad SMARTS) is 1. The van der Waals surface area contributed by atoms with E-state index in [4.69, 9.17) is 21.4 Å². The zero-order chi connectivity index (χ0) is 15.1. The number of hydrogen-bond donors (Lipinski definition) is 1. The Bertz CT molecular complexity index is 595. The molecule has 1 aromatic rings. The van der Waals surface area contributed by atoms with Gasteiger partial charge in [-0.15, -0.1) is 0 Å². The van der Waals surface area contributed by atoms with Gasteiger partial charge in [0, 0.05) is 10.6 Å². The molecule has 4 nitrogen and oxygen atoms in total. The first-order chi connectivity index (χ1) is 9.18. The molecular weight excluding hydrogens is 301 g/mol. The molecular formula is C12H8ClF3O4. The van der Waals surface area contributed by atoms with Crippen LogP contribution in [0, 0.1) is 6.92 Å². The fourth-order valence-electron chi connectivity index (χ4n) is 1.71. The van der Waals surface area contributed by atoms with Gasteiger partial charge in [-0.25, -0.2) is 4.79 Å². The molecule has 0 aromatic heterocycles. The molecule has 1 unspecified atom stereocenters. The first-order valence-corrected chi connectivity index (χ1v) is 5.72. The average Bonchev–Trinajstić information content (AvgIpc) is 2.28. The van der Waals surface area contributed by atoms with Crippen molar-refractivity contribution in [2.45, 2.75) is 19.2 Å². The second kappa shape index (κ2) is 4.90. The van der Waals surface area contributed by atoms with Crippen LogP contribution in [0.5, 0.6) is 5.75 Å². The van der Waals surface area contributed by atoms with Crippen molar-refractivity contribution < 1.29 is 32.5 Å². The predicted octanol–water partition coefficient (Wildman–Crippen LogP) is 4.01. The van der Waals surface area contributed by atoms with Crippen LogP contribution in [0.1, 0.15) is 11.1 Å². The Kier molecular flexibility index (Phi) is 3.56. The summed E-state index contributed by atoms with van der Waals surface area (Å²) in [5, 5.41) is 8.81. The van der Waals surface area contributed by atoms with E-state index in [1.165, 1.54) is 12.1 Å². The maximum absolute atomic E-state index is 12.9. The summed E-state index contributed by atoms with van der Waals surface area (Å²) in [6.45, 7) is 1.61. The van der Waals surface area contributed by atoms with Gasteiger partial charge in [0.05, 0.1) is 0 Å². The molecule has 1 N–H and O–H groups in total. The zero-order valence-electron chi connectivity index (χ0n) is 9.99. The fraction of sp³-hybridized carbons (Fsp3) is 0.250. The minimum atomic E-state index is -4.80. The lowest BCUT2D eigenvalue weighted by molar-refractivity contribution is -0.191. The molecule has 2 rings (SSSR count). The summed E-state index contributed by atoms with van der Waals surface area (Å²) in [4.78, 5) is 10.5. The van der Waals surface area contributed by atoms with Crippen LogP contribution in [0.4, 0.5) is 18.0 Å². The Balaban J connectivity index is 2.50. The van der Waals surface area contributed by atoms with E-state index in [1.807, 2.05) is 0 Å². The average molecular weight is 309 g/mol. The second-order valence-electron chi connectivity index (χ2n) is 4.09. The molecule has 20 heavy (non-hydrogen) atoms. The molecule has 0 bridgehead atoms. The van der Waals surface area contributed by atoms with E-state index >= 15 is 0 Å². The van der Waals surface area contributed by atoms with Gasteiger partial charge in [-0.3, -0.25) is 0 Å². The highest BCUT2D eigenvalue weighted by Gasteiger charge is 2.48. The van der Waals surface area contributed by atoms with Crippen LogP contribution >= 0.6 is 11.6 Å². The third kappa shape index (κ3) is 2.82. The largest absolute Gasteiger partial charge is 0.511 e. The summed E-state index contributed by atoms with van der Waals surface area (Å²) in [6, 6.07) is 2.73. The van der Waals surface area contributed by atoms with Crippen LogP contribution in [-0.4, -0.2) is 23.5 Å². The minimum Gasteiger partial charge on any atom is -0.472 e. The number of halogens is 4. The van der Waals surface area contributed by atoms with Crippen molar-refractivity contribution in [3.05, 3.63) is 34.0 Å². The zero-order valence-corrected chi connectivity index (χ0v) is 10.7. The number of hydrogen-bond acceptors (Lipinski definition) is 3. The van der Waals surface area contributed by atoms with Crippen molar-refractivity contribution >= 4 is 23.8 Å². The highest BCUT2D eigenvalue weighted by molar-refractivity contribution is 6.31. The Morgan fingerprint density at radius 2 is 2.10 bits per heavy atom. The maximum atomic E-state index is 12.9. The van der Waals surface area contributed by atoms with E-state index in [0.717, 1.165) is 6.08 Å². The van der Waals surface area contributed by atoms with Gasteiger partial charge in [0.2, 0.25) is 0 Å². The molecule has 1 heterocycles. The van der Waals surface area contributed by atoms with E-state index in [9.17, 15) is 18.0 Å². The molecule has 0 saturated carbocycles. The monoisotopic (exact) mass is 308 g/mol. The van der Waals surface area contributed by atoms with Crippen LogP contribution in [0.3, 0.4) is 0 Å². The fourth-order valence-corrected chi connectivity index (χ4v) is 1.88. The number of ether oxygens (including phenoxy) is 2. The van der Waals surface area contributed by atoms with Gasteiger partial charge in [-0.2, -0.15) is 13.2 Å². The number of carbonyl (C=O) groups is 1. The quantitative estimate of drug-likeness (QED) is 0.796. The van der Waals surface area contributed by atoms with Gasteiger partial charge < -0.3 is 14.6 Å². The molecule has 0 amide bonds. The number of alkyl halides is 3. The lowest BCUT2D eigenvalue weighted by Gasteiger charge is -2.27. The lowest BCUT2D eigenvalue weighted by Crippen LogP contribution is -2.39. The highest BCUT2D eigenvalue weighted by atomic mass is 35.5. The molecule has 0 aliphatic carbocycles. The second-order valence-corrected chi connectivity index (χ2v) is 4.50. The van der Waals surface area contributed by atoms with E-state index in [-0.39, 0.29) is 11.3 Å². The van der Waals surface area contributed by atoms with Gasteiger partial charge in [0.1, 0.15) is 5.75 Å². The van der Waals surface area contributed by atoms with Crippen LogP contribution in [0.25, 0.3) is 6.08 Å². The Labute approximate surface area is 116 Å². The number of aryl methyl sites for hydroxylation is 1. The van der Waals surface area contributed by atoms with Gasteiger partial charge in [0.15, 0.2) is 5.76 Å². The number of rotatable bonds is 1. The molecule has 1 aliphatic heterocycles. The van der Waals surface area contributed by atoms with E-state index < -0.39 is 24.2 Å². The van der Waals surface area contributed by atoms with Crippen molar-refractivity contribution in [1.82, 2.24) is 0 Å². The molecule has 0 radical (unpaired) electrons. The Morgan fingerprint density at radius 1 is 1.45 bits per heavy atom. The molecule has 1 aromatic carbocycles. The van der Waals surface area contributed by atoms with Crippen LogP contribution in [0.15, 0.2) is 17.9 Å². The topological polar surface area (TPSA) is 55.8 Å². The van der Waals surface area contributed by atoms with Gasteiger partial charge >= 0.3 is 12.3 Å². The van der Waals surface area contributed by atoms with Crippen molar-refractivity contribution in [2.24, 2.45) is 0 Å². The molecule has 0 saturated heterocycles. The summed E-state index contributed by atoms with van der Waals surface area (Å²) in [7, 11) is 0. The van der Waals surface area contributed by atoms with E-state index in [0.29, 0.717) is 10.6 Å². The van der Waals surface area contributed by atoms with Crippen LogP contribution in [-0.2, 0) is 4.74 Å². The standard InChI is InChI=1S/C12H8ClF3O4/c1-5-2-8-6(3-7(5)13)4-9(20-11(17)18)10(19-8)12(14,15)16/h2-4,10H,1H3,(H,17,18). The third-order valence-electron chi connectivity index (χ3n) is 2.59. The Hall–Kier alpha value is -1.89. The normalized spacial score (nSPS) is 17.9. The molecule has 0 spiro atoms. The van der Waals surface area contributed by atoms with Crippen molar-refractivity contribution in [1.29, 1.82) is 0 Å². The summed E-state index contributed by atoms with van der Waals surface area (Å²) in [5.41, 5.74) is 0.764. The molecule has 1 aliphatic rings. The summed E-state index contributed by atoms with van der Waals surface area (Å²) >= 11 is 5.86. The number of fused-ring (bicyclic) bond motifs is 1. The van der Waals surface area contributed by atoms with E-state index in [2.05, 4.69) is 4.74 Å². The maximum Gasteiger partial charge on any atom is 0.511 e. The number of benzene rings is 1. The molecule has 108 valence electrons. The van der Waals surface area contributed by atoms with Crippen LogP contribution < -0.4 is 4.74 Å². The summed E-state index contributed by atoms with van der Waals surface area (Å²) in [6.07, 6.45) is -8.16. The first kappa shape index (κ1) is 14.5. The summed E-state index contributed by atoms with van der Waals surface area (Å²) < 4.78 is 47.5. The van der Waals surface area contributed by atoms with Gasteiger partial charge in [0.25, 0.3) is 6.10 Å². The Morgan fingerprint density at radius 3 is 2.65 bits per heavy atom. The van der Waals surface area contributed by atoms with Crippen LogP contribution in [0.2, 0.25) is 5.02 Å².